The van der Waals surface area contributed by atoms with Crippen molar-refractivity contribution >= 4 is 23.2 Å². The number of halogens is 2. The SMILES string of the molecule is O=C(Cc1cc(-c2cccc(NCC3CCOCC3)n2)c(Cl)cn1)[C@@]1(F)CCCNC1. The summed E-state index contributed by atoms with van der Waals surface area (Å²) >= 11 is 6.39. The van der Waals surface area contributed by atoms with E-state index in [1.165, 1.54) is 6.20 Å². The van der Waals surface area contributed by atoms with Gasteiger partial charge in [-0.25, -0.2) is 9.37 Å². The van der Waals surface area contributed by atoms with E-state index < -0.39 is 11.5 Å². The highest BCUT2D eigenvalue weighted by molar-refractivity contribution is 6.33. The Morgan fingerprint density at radius 2 is 2.19 bits per heavy atom. The third-order valence-electron chi connectivity index (χ3n) is 6.02. The zero-order valence-electron chi connectivity index (χ0n) is 17.5. The molecule has 4 rings (SSSR count). The molecule has 31 heavy (non-hydrogen) atoms. The van der Waals surface area contributed by atoms with Crippen molar-refractivity contribution in [3.05, 3.63) is 41.2 Å². The molecular weight excluding hydrogens is 419 g/mol. The van der Waals surface area contributed by atoms with Crippen LogP contribution in [0.25, 0.3) is 11.3 Å². The minimum Gasteiger partial charge on any atom is -0.381 e. The first-order valence-electron chi connectivity index (χ1n) is 10.9. The number of aromatic nitrogens is 2. The van der Waals surface area contributed by atoms with Crippen LogP contribution in [0.4, 0.5) is 10.2 Å². The van der Waals surface area contributed by atoms with Crippen LogP contribution in [0.5, 0.6) is 0 Å². The number of ether oxygens (including phenoxy) is 1. The topological polar surface area (TPSA) is 76.1 Å². The average molecular weight is 447 g/mol. The molecule has 2 aliphatic heterocycles. The van der Waals surface area contributed by atoms with Gasteiger partial charge in [0.05, 0.1) is 17.1 Å². The van der Waals surface area contributed by atoms with Gasteiger partial charge in [-0.15, -0.1) is 0 Å². The molecule has 2 aromatic rings. The predicted molar refractivity (Wildman–Crippen MR) is 119 cm³/mol. The molecule has 1 atom stereocenters. The number of carbonyl (C=O) groups excluding carboxylic acids is 1. The third kappa shape index (κ3) is 5.59. The number of anilines is 1. The summed E-state index contributed by atoms with van der Waals surface area (Å²) in [4.78, 5) is 21.5. The molecule has 0 aromatic carbocycles. The highest BCUT2D eigenvalue weighted by Crippen LogP contribution is 2.29. The van der Waals surface area contributed by atoms with Gasteiger partial charge in [-0.1, -0.05) is 17.7 Å². The summed E-state index contributed by atoms with van der Waals surface area (Å²) in [5.41, 5.74) is 0.0389. The van der Waals surface area contributed by atoms with Gasteiger partial charge in [0.2, 0.25) is 0 Å². The quantitative estimate of drug-likeness (QED) is 0.673. The van der Waals surface area contributed by atoms with Crippen LogP contribution in [0, 0.1) is 5.92 Å². The van der Waals surface area contributed by atoms with Crippen LogP contribution in [0.1, 0.15) is 31.4 Å². The maximum absolute atomic E-state index is 15.0. The van der Waals surface area contributed by atoms with Crippen molar-refractivity contribution < 1.29 is 13.9 Å². The fourth-order valence-electron chi connectivity index (χ4n) is 4.09. The molecule has 0 spiro atoms. The summed E-state index contributed by atoms with van der Waals surface area (Å²) in [7, 11) is 0. The number of alkyl halides is 1. The van der Waals surface area contributed by atoms with Crippen LogP contribution in [0.2, 0.25) is 5.02 Å². The number of hydrogen-bond donors (Lipinski definition) is 2. The van der Waals surface area contributed by atoms with Crippen molar-refractivity contribution in [3.63, 3.8) is 0 Å². The van der Waals surface area contributed by atoms with E-state index >= 15 is 0 Å². The zero-order valence-corrected chi connectivity index (χ0v) is 18.3. The lowest BCUT2D eigenvalue weighted by Crippen LogP contribution is -2.48. The fourth-order valence-corrected chi connectivity index (χ4v) is 4.29. The molecule has 0 amide bonds. The molecular formula is C23H28ClFN4O2. The molecule has 166 valence electrons. The lowest BCUT2D eigenvalue weighted by molar-refractivity contribution is -0.131. The molecule has 0 aliphatic carbocycles. The summed E-state index contributed by atoms with van der Waals surface area (Å²) < 4.78 is 20.4. The van der Waals surface area contributed by atoms with Gasteiger partial charge in [0.1, 0.15) is 5.82 Å². The second-order valence-electron chi connectivity index (χ2n) is 8.35. The van der Waals surface area contributed by atoms with E-state index in [0.717, 1.165) is 45.0 Å². The Labute approximate surface area is 187 Å². The van der Waals surface area contributed by atoms with Gasteiger partial charge in [-0.2, -0.15) is 0 Å². The van der Waals surface area contributed by atoms with Gasteiger partial charge in [-0.05, 0) is 56.3 Å². The van der Waals surface area contributed by atoms with Crippen LogP contribution >= 0.6 is 11.6 Å². The Morgan fingerprint density at radius 1 is 1.35 bits per heavy atom. The minimum atomic E-state index is -1.83. The number of piperidine rings is 1. The molecule has 2 saturated heterocycles. The van der Waals surface area contributed by atoms with Crippen LogP contribution in [0.3, 0.4) is 0 Å². The largest absolute Gasteiger partial charge is 0.381 e. The summed E-state index contributed by atoms with van der Waals surface area (Å²) in [6.07, 6.45) is 4.44. The number of pyridine rings is 2. The molecule has 2 N–H and O–H groups in total. The van der Waals surface area contributed by atoms with E-state index in [0.29, 0.717) is 34.3 Å². The van der Waals surface area contributed by atoms with Crippen molar-refractivity contribution in [1.29, 1.82) is 0 Å². The molecule has 2 fully saturated rings. The Balaban J connectivity index is 1.47. The number of Topliss-reactive ketones (excluding diaryl/α,β-unsaturated/α-hetero) is 1. The van der Waals surface area contributed by atoms with Crippen LogP contribution in [-0.2, 0) is 16.0 Å². The van der Waals surface area contributed by atoms with Gasteiger partial charge < -0.3 is 15.4 Å². The molecule has 6 nitrogen and oxygen atoms in total. The number of rotatable bonds is 7. The third-order valence-corrected chi connectivity index (χ3v) is 6.32. The number of ketones is 1. The van der Waals surface area contributed by atoms with E-state index in [4.69, 9.17) is 16.3 Å². The van der Waals surface area contributed by atoms with E-state index in [1.54, 1.807) is 6.07 Å². The normalized spacial score (nSPS) is 22.3. The lowest BCUT2D eigenvalue weighted by atomic mass is 9.89. The maximum atomic E-state index is 15.0. The highest BCUT2D eigenvalue weighted by Gasteiger charge is 2.39. The minimum absolute atomic E-state index is 0.0642. The van der Waals surface area contributed by atoms with Crippen LogP contribution in [0.15, 0.2) is 30.5 Å². The van der Waals surface area contributed by atoms with Gasteiger partial charge >= 0.3 is 0 Å². The monoisotopic (exact) mass is 446 g/mol. The van der Waals surface area contributed by atoms with Crippen molar-refractivity contribution in [3.8, 4) is 11.3 Å². The Hall–Kier alpha value is -2.09. The fraction of sp³-hybridized carbons (Fsp3) is 0.522. The molecule has 0 saturated carbocycles. The van der Waals surface area contributed by atoms with Gasteiger partial charge in [0.15, 0.2) is 11.5 Å². The summed E-state index contributed by atoms with van der Waals surface area (Å²) in [5.74, 6) is 0.898. The van der Waals surface area contributed by atoms with Crippen molar-refractivity contribution in [1.82, 2.24) is 15.3 Å². The summed E-state index contributed by atoms with van der Waals surface area (Å²) in [6.45, 7) is 3.27. The number of nitrogens with zero attached hydrogens (tertiary/aromatic N) is 2. The molecule has 0 bridgehead atoms. The smallest absolute Gasteiger partial charge is 0.181 e. The Kier molecular flexibility index (Phi) is 7.15. The molecule has 0 radical (unpaired) electrons. The Morgan fingerprint density at radius 3 is 2.97 bits per heavy atom. The average Bonchev–Trinajstić information content (AvgIpc) is 2.80. The summed E-state index contributed by atoms with van der Waals surface area (Å²) in [6, 6.07) is 7.45. The van der Waals surface area contributed by atoms with Crippen molar-refractivity contribution in [2.75, 3.05) is 38.2 Å². The molecule has 4 heterocycles. The molecule has 0 unspecified atom stereocenters. The number of hydrogen-bond acceptors (Lipinski definition) is 6. The van der Waals surface area contributed by atoms with Crippen molar-refractivity contribution in [2.24, 2.45) is 5.92 Å². The predicted octanol–water partition coefficient (Wildman–Crippen LogP) is 3.84. The summed E-state index contributed by atoms with van der Waals surface area (Å²) in [5, 5.41) is 6.82. The standard InChI is InChI=1S/C23H28ClFN4O2/c24-19-14-27-17(12-21(30)23(25)7-2-8-26-15-23)11-18(19)20-3-1-4-22(29-20)28-13-16-5-9-31-10-6-16/h1,3-4,11,14,16,26H,2,5-10,12-13,15H2,(H,28,29)/t23-/m1/s1. The van der Waals surface area contributed by atoms with E-state index in [1.807, 2.05) is 18.2 Å². The molecule has 8 heteroatoms. The van der Waals surface area contributed by atoms with Gasteiger partial charge in [-0.3, -0.25) is 9.78 Å². The zero-order chi connectivity index (χ0) is 21.7. The molecule has 2 aliphatic rings. The maximum Gasteiger partial charge on any atom is 0.181 e. The number of carbonyl (C=O) groups is 1. The van der Waals surface area contributed by atoms with E-state index in [-0.39, 0.29) is 19.4 Å². The van der Waals surface area contributed by atoms with Gasteiger partial charge in [0.25, 0.3) is 0 Å². The number of nitrogens with one attached hydrogen (secondary N) is 2. The van der Waals surface area contributed by atoms with Crippen LogP contribution < -0.4 is 10.6 Å². The highest BCUT2D eigenvalue weighted by atomic mass is 35.5. The second-order valence-corrected chi connectivity index (χ2v) is 8.75. The first-order chi connectivity index (χ1) is 15.0. The lowest BCUT2D eigenvalue weighted by Gasteiger charge is -2.28. The van der Waals surface area contributed by atoms with Crippen molar-refractivity contribution in [2.45, 2.75) is 37.8 Å². The first-order valence-corrected chi connectivity index (χ1v) is 11.3. The molecule has 2 aromatic heterocycles. The van der Waals surface area contributed by atoms with E-state index in [2.05, 4.69) is 20.6 Å². The Bertz CT molecular complexity index is 914. The van der Waals surface area contributed by atoms with Crippen LogP contribution in [-0.4, -0.2) is 54.3 Å². The second kappa shape index (κ2) is 10.0. The van der Waals surface area contributed by atoms with Gasteiger partial charge in [0, 0.05) is 43.8 Å². The van der Waals surface area contributed by atoms with E-state index in [9.17, 15) is 9.18 Å². The first kappa shape index (κ1) is 22.1.